The molecule has 1 aromatic carbocycles. The zero-order chi connectivity index (χ0) is 22.1. The molecule has 0 spiro atoms. The lowest BCUT2D eigenvalue weighted by Gasteiger charge is -2.15. The first-order valence-electron chi connectivity index (χ1n) is 10.3. The number of ether oxygens (including phenoxy) is 1. The van der Waals surface area contributed by atoms with E-state index in [1.54, 1.807) is 12.4 Å². The third kappa shape index (κ3) is 3.66. The van der Waals surface area contributed by atoms with Gasteiger partial charge in [-0.15, -0.1) is 5.10 Å². The molecule has 4 aromatic heterocycles. The molecule has 0 aliphatic rings. The maximum Gasteiger partial charge on any atom is 0.152 e. The maximum atomic E-state index is 6.06. The van der Waals surface area contributed by atoms with Gasteiger partial charge in [0.25, 0.3) is 0 Å². The number of nitrogen functional groups attached to an aromatic ring is 1. The largest absolute Gasteiger partial charge is 0.485 e. The highest BCUT2D eigenvalue weighted by Crippen LogP contribution is 2.28. The third-order valence-electron chi connectivity index (χ3n) is 5.67. The minimum Gasteiger partial charge on any atom is -0.485 e. The Morgan fingerprint density at radius 1 is 1.06 bits per heavy atom. The topological polar surface area (TPSA) is 103 Å². The number of hydrogen-bond acceptors (Lipinski definition) is 7. The van der Waals surface area contributed by atoms with Crippen LogP contribution in [-0.2, 0) is 13.2 Å². The summed E-state index contributed by atoms with van der Waals surface area (Å²) in [5.74, 6) is 1.84. The summed E-state index contributed by atoms with van der Waals surface area (Å²) in [6.45, 7) is 5.18. The van der Waals surface area contributed by atoms with E-state index in [1.807, 2.05) is 47.1 Å². The Kier molecular flexibility index (Phi) is 5.03. The highest BCUT2D eigenvalue weighted by molar-refractivity contribution is 5.94. The summed E-state index contributed by atoms with van der Waals surface area (Å²) in [6, 6.07) is 11.8. The number of aromatic nitrogens is 5. The van der Waals surface area contributed by atoms with E-state index in [2.05, 4.69) is 45.4 Å². The van der Waals surface area contributed by atoms with Crippen LogP contribution in [0.15, 0.2) is 61.2 Å². The molecule has 32 heavy (non-hydrogen) atoms. The predicted molar refractivity (Wildman–Crippen MR) is 125 cm³/mol. The Morgan fingerprint density at radius 3 is 2.88 bits per heavy atom. The molecule has 160 valence electrons. The van der Waals surface area contributed by atoms with E-state index in [0.717, 1.165) is 27.7 Å². The smallest absolute Gasteiger partial charge is 0.152 e. The highest BCUT2D eigenvalue weighted by Gasteiger charge is 2.11. The quantitative estimate of drug-likeness (QED) is 0.423. The van der Waals surface area contributed by atoms with Gasteiger partial charge in [0.05, 0.1) is 18.1 Å². The average molecular weight is 425 g/mol. The van der Waals surface area contributed by atoms with E-state index in [9.17, 15) is 0 Å². The second kappa shape index (κ2) is 8.14. The lowest BCUT2D eigenvalue weighted by molar-refractivity contribution is 0.298. The normalized spacial score (nSPS) is 11.2. The summed E-state index contributed by atoms with van der Waals surface area (Å²) in [4.78, 5) is 8.59. The summed E-state index contributed by atoms with van der Waals surface area (Å²) in [5, 5.41) is 13.7. The molecule has 4 heterocycles. The SMILES string of the molecule is Cc1cc2c(N)nccc2c(C)c1CNc1cc(OCc2cnc3ccccn23)cnn1. The van der Waals surface area contributed by atoms with Crippen molar-refractivity contribution in [2.24, 2.45) is 0 Å². The summed E-state index contributed by atoms with van der Waals surface area (Å²) in [7, 11) is 0. The van der Waals surface area contributed by atoms with Crippen molar-refractivity contribution in [2.45, 2.75) is 27.0 Å². The van der Waals surface area contributed by atoms with Crippen molar-refractivity contribution >= 4 is 28.1 Å². The molecule has 8 heteroatoms. The Hall–Kier alpha value is -4.20. The van der Waals surface area contributed by atoms with Gasteiger partial charge in [-0.3, -0.25) is 0 Å². The van der Waals surface area contributed by atoms with E-state index in [-0.39, 0.29) is 0 Å². The standard InChI is InChI=1S/C24H23N7O/c1-15-9-20-19(6-7-26-24(20)25)16(2)21(15)13-27-22-10-18(12-29-30-22)32-14-17-11-28-23-5-3-4-8-31(17)23/h3-12H,13-14H2,1-2H3,(H2,25,26)(H,27,30). The summed E-state index contributed by atoms with van der Waals surface area (Å²) >= 11 is 0. The Labute approximate surface area is 185 Å². The number of nitrogens with one attached hydrogen (secondary N) is 1. The first-order chi connectivity index (χ1) is 15.6. The molecule has 0 radical (unpaired) electrons. The zero-order valence-corrected chi connectivity index (χ0v) is 17.9. The summed E-state index contributed by atoms with van der Waals surface area (Å²) in [6.07, 6.45) is 7.14. The van der Waals surface area contributed by atoms with Crippen LogP contribution in [0.3, 0.4) is 0 Å². The average Bonchev–Trinajstić information content (AvgIpc) is 3.22. The molecular weight excluding hydrogens is 402 g/mol. The number of rotatable bonds is 6. The molecule has 3 N–H and O–H groups in total. The molecule has 0 aliphatic heterocycles. The second-order valence-corrected chi connectivity index (χ2v) is 7.69. The van der Waals surface area contributed by atoms with Gasteiger partial charge in [-0.1, -0.05) is 6.07 Å². The van der Waals surface area contributed by atoms with E-state index < -0.39 is 0 Å². The molecule has 0 aliphatic carbocycles. The number of anilines is 2. The van der Waals surface area contributed by atoms with Crippen LogP contribution in [0.2, 0.25) is 0 Å². The van der Waals surface area contributed by atoms with Gasteiger partial charge in [0.1, 0.15) is 23.8 Å². The van der Waals surface area contributed by atoms with Crippen molar-refractivity contribution in [1.29, 1.82) is 0 Å². The molecule has 0 atom stereocenters. The number of pyridine rings is 2. The van der Waals surface area contributed by atoms with E-state index in [0.29, 0.717) is 30.5 Å². The minimum atomic E-state index is 0.384. The van der Waals surface area contributed by atoms with Crippen LogP contribution in [0.1, 0.15) is 22.4 Å². The van der Waals surface area contributed by atoms with Crippen molar-refractivity contribution in [3.8, 4) is 5.75 Å². The molecule has 0 saturated heterocycles. The highest BCUT2D eigenvalue weighted by atomic mass is 16.5. The second-order valence-electron chi connectivity index (χ2n) is 7.69. The fourth-order valence-corrected chi connectivity index (χ4v) is 3.94. The van der Waals surface area contributed by atoms with Gasteiger partial charge >= 0.3 is 0 Å². The third-order valence-corrected chi connectivity index (χ3v) is 5.67. The van der Waals surface area contributed by atoms with Gasteiger partial charge in [-0.25, -0.2) is 9.97 Å². The number of benzene rings is 1. The number of nitrogens with zero attached hydrogens (tertiary/aromatic N) is 5. The first-order valence-corrected chi connectivity index (χ1v) is 10.3. The molecule has 5 rings (SSSR count). The van der Waals surface area contributed by atoms with Gasteiger partial charge in [-0.05, 0) is 60.2 Å². The van der Waals surface area contributed by atoms with Crippen LogP contribution in [0, 0.1) is 13.8 Å². The fraction of sp³-hybridized carbons (Fsp3) is 0.167. The van der Waals surface area contributed by atoms with E-state index in [4.69, 9.17) is 10.5 Å². The molecule has 0 saturated carbocycles. The Balaban J connectivity index is 1.31. The fourth-order valence-electron chi connectivity index (χ4n) is 3.94. The van der Waals surface area contributed by atoms with E-state index in [1.165, 1.54) is 11.1 Å². The molecule has 8 nitrogen and oxygen atoms in total. The molecule has 0 bridgehead atoms. The van der Waals surface area contributed by atoms with Gasteiger partial charge in [0, 0.05) is 30.4 Å². The number of nitrogens with two attached hydrogens (primary N) is 1. The van der Waals surface area contributed by atoms with Crippen LogP contribution in [0.25, 0.3) is 16.4 Å². The van der Waals surface area contributed by atoms with Gasteiger partial charge in [-0.2, -0.15) is 5.10 Å². The van der Waals surface area contributed by atoms with Crippen LogP contribution in [0.4, 0.5) is 11.6 Å². The van der Waals surface area contributed by atoms with Gasteiger partial charge in [0.15, 0.2) is 5.82 Å². The van der Waals surface area contributed by atoms with Crippen molar-refractivity contribution in [1.82, 2.24) is 24.6 Å². The number of aryl methyl sites for hydroxylation is 2. The predicted octanol–water partition coefficient (Wildman–Crippen LogP) is 4.06. The number of hydrogen-bond donors (Lipinski definition) is 2. The Bertz CT molecular complexity index is 1430. The molecule has 5 aromatic rings. The van der Waals surface area contributed by atoms with Crippen molar-refractivity contribution < 1.29 is 4.74 Å². The lowest BCUT2D eigenvalue weighted by Crippen LogP contribution is -2.07. The van der Waals surface area contributed by atoms with Crippen molar-refractivity contribution in [3.05, 3.63) is 83.6 Å². The molecular formula is C24H23N7O. The first kappa shape index (κ1) is 19.7. The Morgan fingerprint density at radius 2 is 1.97 bits per heavy atom. The van der Waals surface area contributed by atoms with Crippen LogP contribution in [-0.4, -0.2) is 24.6 Å². The molecule has 0 amide bonds. The summed E-state index contributed by atoms with van der Waals surface area (Å²) < 4.78 is 7.95. The number of imidazole rings is 1. The lowest BCUT2D eigenvalue weighted by atomic mass is 9.96. The van der Waals surface area contributed by atoms with Crippen molar-refractivity contribution in [3.63, 3.8) is 0 Å². The van der Waals surface area contributed by atoms with Gasteiger partial charge < -0.3 is 20.2 Å². The zero-order valence-electron chi connectivity index (χ0n) is 17.9. The van der Waals surface area contributed by atoms with Crippen LogP contribution >= 0.6 is 0 Å². The van der Waals surface area contributed by atoms with Gasteiger partial charge in [0.2, 0.25) is 0 Å². The van der Waals surface area contributed by atoms with Crippen molar-refractivity contribution in [2.75, 3.05) is 11.1 Å². The molecule has 0 unspecified atom stereocenters. The molecule has 0 fully saturated rings. The van der Waals surface area contributed by atoms with E-state index >= 15 is 0 Å². The monoisotopic (exact) mass is 425 g/mol. The minimum absolute atomic E-state index is 0.384. The summed E-state index contributed by atoms with van der Waals surface area (Å²) in [5.41, 5.74) is 11.4. The van der Waals surface area contributed by atoms with Crippen LogP contribution < -0.4 is 15.8 Å². The maximum absolute atomic E-state index is 6.06. The van der Waals surface area contributed by atoms with Crippen LogP contribution in [0.5, 0.6) is 5.75 Å². The number of fused-ring (bicyclic) bond motifs is 2.